The van der Waals surface area contributed by atoms with Gasteiger partial charge in [-0.1, -0.05) is 23.2 Å². The third-order valence-corrected chi connectivity index (χ3v) is 4.87. The molecule has 0 saturated carbocycles. The number of allylic oxidation sites excluding steroid dienone is 1. The molecule has 0 atom stereocenters. The molecule has 1 aliphatic carbocycles. The maximum Gasteiger partial charge on any atom is 0.231 e. The lowest BCUT2D eigenvalue weighted by atomic mass is 9.93. The third-order valence-electron chi connectivity index (χ3n) is 4.32. The Morgan fingerprint density at radius 2 is 2.11 bits per heavy atom. The van der Waals surface area contributed by atoms with E-state index in [1.165, 1.54) is 12.1 Å². The molecule has 0 radical (unpaired) electrons. The van der Waals surface area contributed by atoms with Crippen LogP contribution in [0.1, 0.15) is 44.4 Å². The second-order valence-corrected chi connectivity index (χ2v) is 7.07. The summed E-state index contributed by atoms with van der Waals surface area (Å²) in [6, 6.07) is 4.49. The number of fused-ring (bicyclic) bond motifs is 1. The molecule has 0 unspecified atom stereocenters. The number of carbonyl (C=O) groups is 2. The zero-order valence-electron chi connectivity index (χ0n) is 14.1. The maximum absolute atomic E-state index is 12.8. The number of rotatable bonds is 3. The number of furan rings is 1. The van der Waals surface area contributed by atoms with Gasteiger partial charge in [0.2, 0.25) is 5.78 Å². The lowest BCUT2D eigenvalue weighted by Gasteiger charge is -2.09. The molecule has 0 fully saturated rings. The molecule has 2 heterocycles. The smallest absolute Gasteiger partial charge is 0.231 e. The first-order valence-electron chi connectivity index (χ1n) is 7.99. The van der Waals surface area contributed by atoms with Gasteiger partial charge in [-0.3, -0.25) is 9.59 Å². The highest BCUT2D eigenvalue weighted by Crippen LogP contribution is 2.37. The van der Waals surface area contributed by atoms with Gasteiger partial charge in [0.1, 0.15) is 5.76 Å². The van der Waals surface area contributed by atoms with Crippen molar-refractivity contribution in [2.24, 2.45) is 7.05 Å². The minimum absolute atomic E-state index is 0.0161. The summed E-state index contributed by atoms with van der Waals surface area (Å²) in [4.78, 5) is 29.7. The van der Waals surface area contributed by atoms with Gasteiger partial charge in [0.15, 0.2) is 11.5 Å². The molecule has 27 heavy (non-hydrogen) atoms. The van der Waals surface area contributed by atoms with Crippen molar-refractivity contribution in [1.82, 2.24) is 9.55 Å². The fraction of sp³-hybridized carbons (Fsp3) is 0.105. The molecule has 2 N–H and O–H groups in total. The van der Waals surface area contributed by atoms with E-state index in [0.717, 1.165) is 0 Å². The van der Waals surface area contributed by atoms with Crippen molar-refractivity contribution in [2.45, 2.75) is 6.42 Å². The van der Waals surface area contributed by atoms with Crippen LogP contribution in [0.5, 0.6) is 0 Å². The molecule has 0 bridgehead atoms. The Labute approximate surface area is 164 Å². The van der Waals surface area contributed by atoms with E-state index in [1.807, 2.05) is 7.05 Å². The van der Waals surface area contributed by atoms with E-state index in [4.69, 9.17) is 33.4 Å². The Kier molecular flexibility index (Phi) is 4.17. The number of hydrogen-bond acceptors (Lipinski definition) is 5. The van der Waals surface area contributed by atoms with Crippen molar-refractivity contribution in [3.05, 3.63) is 69.1 Å². The molecule has 8 heteroatoms. The summed E-state index contributed by atoms with van der Waals surface area (Å²) in [5.41, 5.74) is 7.86. The Hall–Kier alpha value is -2.83. The fourth-order valence-electron chi connectivity index (χ4n) is 3.03. The van der Waals surface area contributed by atoms with Crippen molar-refractivity contribution in [1.29, 1.82) is 0 Å². The van der Waals surface area contributed by atoms with Gasteiger partial charge < -0.3 is 14.7 Å². The van der Waals surface area contributed by atoms with Gasteiger partial charge >= 0.3 is 0 Å². The van der Waals surface area contributed by atoms with E-state index in [1.54, 1.807) is 29.2 Å². The molecule has 0 saturated heterocycles. The zero-order chi connectivity index (χ0) is 19.3. The van der Waals surface area contributed by atoms with Crippen molar-refractivity contribution in [2.75, 3.05) is 5.73 Å². The highest BCUT2D eigenvalue weighted by atomic mass is 35.5. The number of anilines is 1. The van der Waals surface area contributed by atoms with Gasteiger partial charge in [-0.05, 0) is 29.8 Å². The first-order valence-corrected chi connectivity index (χ1v) is 8.75. The number of imidazole rings is 1. The average Bonchev–Trinajstić information content (AvgIpc) is 3.18. The summed E-state index contributed by atoms with van der Waals surface area (Å²) in [6.45, 7) is 0. The first-order chi connectivity index (χ1) is 12.8. The Morgan fingerprint density at radius 3 is 2.78 bits per heavy atom. The van der Waals surface area contributed by atoms with Gasteiger partial charge in [-0.15, -0.1) is 0 Å². The summed E-state index contributed by atoms with van der Waals surface area (Å²) < 4.78 is 7.45. The van der Waals surface area contributed by atoms with Crippen LogP contribution in [-0.2, 0) is 7.05 Å². The fourth-order valence-corrected chi connectivity index (χ4v) is 3.52. The largest absolute Gasteiger partial charge is 0.450 e. The number of aryl methyl sites for hydroxylation is 1. The van der Waals surface area contributed by atoms with E-state index in [-0.39, 0.29) is 45.6 Å². The molecule has 4 rings (SSSR count). The Balaban J connectivity index is 1.79. The monoisotopic (exact) mass is 401 g/mol. The molecule has 0 amide bonds. The number of ketones is 2. The van der Waals surface area contributed by atoms with E-state index in [2.05, 4.69) is 4.98 Å². The second-order valence-electron chi connectivity index (χ2n) is 6.23. The predicted molar refractivity (Wildman–Crippen MR) is 103 cm³/mol. The van der Waals surface area contributed by atoms with Gasteiger partial charge in [-0.2, -0.15) is 0 Å². The van der Waals surface area contributed by atoms with Crippen molar-refractivity contribution in [3.63, 3.8) is 0 Å². The highest BCUT2D eigenvalue weighted by molar-refractivity contribution is 6.37. The Bertz CT molecular complexity index is 1140. The lowest BCUT2D eigenvalue weighted by Crippen LogP contribution is -2.10. The number of hydrogen-bond donors (Lipinski definition) is 1. The molecule has 2 aromatic heterocycles. The number of nitrogens with two attached hydrogens (primary N) is 1. The molecule has 0 spiro atoms. The van der Waals surface area contributed by atoms with Gasteiger partial charge in [-0.25, -0.2) is 4.98 Å². The van der Waals surface area contributed by atoms with Gasteiger partial charge in [0.25, 0.3) is 0 Å². The van der Waals surface area contributed by atoms with E-state index >= 15 is 0 Å². The third kappa shape index (κ3) is 2.97. The minimum atomic E-state index is -0.510. The number of nitrogen functional groups attached to an aromatic ring is 1. The molecular weight excluding hydrogens is 389 g/mol. The first kappa shape index (κ1) is 17.6. The van der Waals surface area contributed by atoms with E-state index in [0.29, 0.717) is 16.3 Å². The molecule has 136 valence electrons. The highest BCUT2D eigenvalue weighted by Gasteiger charge is 2.31. The summed E-state index contributed by atoms with van der Waals surface area (Å²) in [6.07, 6.45) is 5.26. The van der Waals surface area contributed by atoms with E-state index < -0.39 is 5.78 Å². The number of nitrogens with zero attached hydrogens (tertiary/aromatic N) is 2. The van der Waals surface area contributed by atoms with Crippen LogP contribution in [0.15, 0.2) is 35.1 Å². The summed E-state index contributed by atoms with van der Waals surface area (Å²) >= 11 is 12.0. The lowest BCUT2D eigenvalue weighted by molar-refractivity contribution is 0.0991. The molecular formula is C19H13Cl2N3O3. The van der Waals surface area contributed by atoms with Crippen molar-refractivity contribution in [3.8, 4) is 0 Å². The summed E-state index contributed by atoms with van der Waals surface area (Å²) in [5, 5.41) is 0.582. The maximum atomic E-state index is 12.8. The molecule has 6 nitrogen and oxygen atoms in total. The standard InChI is InChI=1S/C19H13Cl2N3O3/c1-24-7-13(23-8-24)9-4-14(25)16-15(5-9)27-19(17(16)22)18(26)11-3-2-10(20)6-12(11)21/h2-3,5-8H,4,22H2,1H3. The van der Waals surface area contributed by atoms with Crippen LogP contribution < -0.4 is 5.73 Å². The average molecular weight is 402 g/mol. The Morgan fingerprint density at radius 1 is 1.33 bits per heavy atom. The molecule has 1 aromatic carbocycles. The minimum Gasteiger partial charge on any atom is -0.450 e. The number of Topliss-reactive ketones (excluding diaryl/α,β-unsaturated/α-hetero) is 1. The van der Waals surface area contributed by atoms with Crippen LogP contribution in [0.2, 0.25) is 10.0 Å². The van der Waals surface area contributed by atoms with E-state index in [9.17, 15) is 9.59 Å². The summed E-state index contributed by atoms with van der Waals surface area (Å²) in [7, 11) is 1.84. The van der Waals surface area contributed by atoms with Crippen LogP contribution >= 0.6 is 23.2 Å². The number of halogens is 2. The quantitative estimate of drug-likeness (QED) is 0.661. The predicted octanol–water partition coefficient (Wildman–Crippen LogP) is 4.26. The number of carbonyl (C=O) groups excluding carboxylic acids is 2. The number of aromatic nitrogens is 2. The SMILES string of the molecule is Cn1cnc(C2=Cc3oc(C(=O)c4ccc(Cl)cc4Cl)c(N)c3C(=O)C2)c1. The van der Waals surface area contributed by atoms with Gasteiger partial charge in [0, 0.05) is 30.3 Å². The summed E-state index contributed by atoms with van der Waals surface area (Å²) in [5.74, 6) is -0.603. The normalized spacial score (nSPS) is 13.4. The van der Waals surface area contributed by atoms with Crippen molar-refractivity contribution < 1.29 is 14.0 Å². The molecule has 1 aliphatic rings. The molecule has 3 aromatic rings. The van der Waals surface area contributed by atoms with Crippen molar-refractivity contribution >= 4 is 52.1 Å². The van der Waals surface area contributed by atoms with Crippen LogP contribution in [-0.4, -0.2) is 21.1 Å². The van der Waals surface area contributed by atoms with Crippen LogP contribution in [0.3, 0.4) is 0 Å². The molecule has 0 aliphatic heterocycles. The topological polar surface area (TPSA) is 91.1 Å². The number of benzene rings is 1. The van der Waals surface area contributed by atoms with Crippen LogP contribution in [0.4, 0.5) is 5.69 Å². The zero-order valence-corrected chi connectivity index (χ0v) is 15.6. The van der Waals surface area contributed by atoms with Crippen LogP contribution in [0.25, 0.3) is 11.6 Å². The second kappa shape index (κ2) is 6.40. The van der Waals surface area contributed by atoms with Crippen LogP contribution in [0, 0.1) is 0 Å². The van der Waals surface area contributed by atoms with Gasteiger partial charge in [0.05, 0.1) is 28.3 Å².